The van der Waals surface area contributed by atoms with Gasteiger partial charge in [0.25, 0.3) is 10.0 Å². The van der Waals surface area contributed by atoms with Crippen molar-refractivity contribution in [2.75, 3.05) is 0 Å². The molecule has 1 fully saturated rings. The fraction of sp³-hybridized carbons (Fsp3) is 0.429. The lowest BCUT2D eigenvalue weighted by atomic mass is 9.83. The van der Waals surface area contributed by atoms with Crippen LogP contribution in [-0.2, 0) is 15.6 Å². The van der Waals surface area contributed by atoms with Crippen LogP contribution >= 0.6 is 15.9 Å². The van der Waals surface area contributed by atoms with E-state index in [4.69, 9.17) is 0 Å². The molecule has 1 aliphatic carbocycles. The predicted octanol–water partition coefficient (Wildman–Crippen LogP) is 2.43. The fourth-order valence-electron chi connectivity index (χ4n) is 2.69. The van der Waals surface area contributed by atoms with Gasteiger partial charge < -0.3 is 5.11 Å². The zero-order valence-electron chi connectivity index (χ0n) is 11.8. The molecule has 3 rings (SSSR count). The van der Waals surface area contributed by atoms with E-state index in [2.05, 4.69) is 26.2 Å². The van der Waals surface area contributed by atoms with Crippen LogP contribution in [0.5, 0.6) is 0 Å². The molecule has 1 saturated carbocycles. The SMILES string of the molecule is O=S(=O)(c1ccc(Br)cc1)n1cc(C2(O)CCCCC2)nn1. The van der Waals surface area contributed by atoms with Crippen molar-refractivity contribution in [2.45, 2.75) is 42.6 Å². The number of aliphatic hydroxyl groups is 1. The Bertz CT molecular complexity index is 765. The monoisotopic (exact) mass is 385 g/mol. The largest absolute Gasteiger partial charge is 0.383 e. The molecule has 8 heteroatoms. The molecule has 0 aliphatic heterocycles. The average Bonchev–Trinajstić information content (AvgIpc) is 3.00. The number of aromatic nitrogens is 3. The smallest absolute Gasteiger partial charge is 0.284 e. The molecule has 1 aromatic carbocycles. The molecule has 0 unspecified atom stereocenters. The van der Waals surface area contributed by atoms with Gasteiger partial charge in [-0.05, 0) is 37.1 Å². The summed E-state index contributed by atoms with van der Waals surface area (Å²) in [6.07, 6.45) is 5.38. The molecule has 0 spiro atoms. The molecule has 0 amide bonds. The lowest BCUT2D eigenvalue weighted by molar-refractivity contribution is -0.00471. The van der Waals surface area contributed by atoms with E-state index in [0.717, 1.165) is 27.8 Å². The minimum atomic E-state index is -3.79. The molecular weight excluding hydrogens is 370 g/mol. The van der Waals surface area contributed by atoms with Crippen LogP contribution in [0.15, 0.2) is 39.8 Å². The van der Waals surface area contributed by atoms with Gasteiger partial charge in [0.1, 0.15) is 11.3 Å². The third kappa shape index (κ3) is 2.82. The van der Waals surface area contributed by atoms with Gasteiger partial charge in [-0.1, -0.05) is 40.4 Å². The topological polar surface area (TPSA) is 85.1 Å². The van der Waals surface area contributed by atoms with Crippen LogP contribution in [0, 0.1) is 0 Å². The van der Waals surface area contributed by atoms with Crippen molar-refractivity contribution in [3.63, 3.8) is 0 Å². The molecule has 0 radical (unpaired) electrons. The molecule has 0 atom stereocenters. The van der Waals surface area contributed by atoms with E-state index in [1.807, 2.05) is 0 Å². The van der Waals surface area contributed by atoms with Crippen LogP contribution in [0.1, 0.15) is 37.8 Å². The maximum Gasteiger partial charge on any atom is 0.284 e. The Balaban J connectivity index is 1.94. The summed E-state index contributed by atoms with van der Waals surface area (Å²) < 4.78 is 26.6. The van der Waals surface area contributed by atoms with Gasteiger partial charge in [0.05, 0.1) is 11.1 Å². The van der Waals surface area contributed by atoms with Crippen molar-refractivity contribution in [3.05, 3.63) is 40.6 Å². The highest BCUT2D eigenvalue weighted by Gasteiger charge is 2.35. The molecule has 2 aromatic rings. The van der Waals surface area contributed by atoms with Crippen LogP contribution in [0.3, 0.4) is 0 Å². The second-order valence-corrected chi connectivity index (χ2v) is 8.24. The first-order chi connectivity index (χ1) is 10.4. The second-order valence-electron chi connectivity index (χ2n) is 5.53. The van der Waals surface area contributed by atoms with E-state index in [9.17, 15) is 13.5 Å². The Morgan fingerprint density at radius 1 is 1.14 bits per heavy atom. The number of halogens is 1. The third-order valence-electron chi connectivity index (χ3n) is 3.99. The number of nitrogens with zero attached hydrogens (tertiary/aromatic N) is 3. The second kappa shape index (κ2) is 5.75. The molecule has 1 aliphatic rings. The first-order valence-electron chi connectivity index (χ1n) is 7.08. The average molecular weight is 386 g/mol. The lowest BCUT2D eigenvalue weighted by Gasteiger charge is -2.29. The van der Waals surface area contributed by atoms with Crippen LogP contribution in [0.25, 0.3) is 0 Å². The summed E-state index contributed by atoms with van der Waals surface area (Å²) in [6, 6.07) is 6.30. The van der Waals surface area contributed by atoms with E-state index in [1.54, 1.807) is 12.1 Å². The maximum absolute atomic E-state index is 12.5. The third-order valence-corrected chi connectivity index (χ3v) is 6.06. The molecule has 118 valence electrons. The summed E-state index contributed by atoms with van der Waals surface area (Å²) in [5.41, 5.74) is -0.737. The maximum atomic E-state index is 12.5. The molecule has 0 bridgehead atoms. The standard InChI is InChI=1S/C14H16BrN3O3S/c15-11-4-6-12(7-5-11)22(20,21)18-10-13(16-17-18)14(19)8-2-1-3-9-14/h4-7,10,19H,1-3,8-9H2. The van der Waals surface area contributed by atoms with Crippen LogP contribution in [0.2, 0.25) is 0 Å². The number of rotatable bonds is 3. The van der Waals surface area contributed by atoms with E-state index >= 15 is 0 Å². The van der Waals surface area contributed by atoms with Crippen molar-refractivity contribution in [1.82, 2.24) is 14.4 Å². The van der Waals surface area contributed by atoms with Crippen molar-refractivity contribution in [3.8, 4) is 0 Å². The summed E-state index contributed by atoms with van der Waals surface area (Å²) in [5.74, 6) is 0. The van der Waals surface area contributed by atoms with E-state index in [1.165, 1.54) is 18.3 Å². The zero-order valence-corrected chi connectivity index (χ0v) is 14.2. The number of benzene rings is 1. The highest BCUT2D eigenvalue weighted by atomic mass is 79.9. The molecule has 22 heavy (non-hydrogen) atoms. The Morgan fingerprint density at radius 3 is 2.41 bits per heavy atom. The zero-order chi connectivity index (χ0) is 15.8. The molecule has 1 heterocycles. The Kier molecular flexibility index (Phi) is 4.09. The van der Waals surface area contributed by atoms with Gasteiger partial charge >= 0.3 is 0 Å². The van der Waals surface area contributed by atoms with Gasteiger partial charge in [-0.2, -0.15) is 8.42 Å². The fourth-order valence-corrected chi connectivity index (χ4v) is 4.02. The molecule has 6 nitrogen and oxygen atoms in total. The highest BCUT2D eigenvalue weighted by Crippen LogP contribution is 2.35. The predicted molar refractivity (Wildman–Crippen MR) is 83.7 cm³/mol. The molecular formula is C14H16BrN3O3S. The summed E-state index contributed by atoms with van der Waals surface area (Å²) in [5, 5.41) is 18.2. The lowest BCUT2D eigenvalue weighted by Crippen LogP contribution is -2.28. The normalized spacial score (nSPS) is 18.3. The van der Waals surface area contributed by atoms with Crippen molar-refractivity contribution >= 4 is 26.0 Å². The highest BCUT2D eigenvalue weighted by molar-refractivity contribution is 9.10. The van der Waals surface area contributed by atoms with Gasteiger partial charge in [0.2, 0.25) is 0 Å². The Morgan fingerprint density at radius 2 is 1.77 bits per heavy atom. The summed E-state index contributed by atoms with van der Waals surface area (Å²) in [4.78, 5) is 0.128. The van der Waals surface area contributed by atoms with E-state index in [-0.39, 0.29) is 4.90 Å². The summed E-state index contributed by atoms with van der Waals surface area (Å²) >= 11 is 3.27. The van der Waals surface area contributed by atoms with Crippen LogP contribution < -0.4 is 0 Å². The van der Waals surface area contributed by atoms with Crippen LogP contribution in [0.4, 0.5) is 0 Å². The molecule has 0 saturated heterocycles. The van der Waals surface area contributed by atoms with Crippen molar-refractivity contribution in [2.24, 2.45) is 0 Å². The number of hydrogen-bond acceptors (Lipinski definition) is 5. The van der Waals surface area contributed by atoms with Gasteiger partial charge in [-0.3, -0.25) is 0 Å². The van der Waals surface area contributed by atoms with E-state index in [0.29, 0.717) is 18.5 Å². The van der Waals surface area contributed by atoms with Gasteiger partial charge in [-0.15, -0.1) is 9.19 Å². The van der Waals surface area contributed by atoms with Crippen molar-refractivity contribution < 1.29 is 13.5 Å². The molecule has 1 aromatic heterocycles. The van der Waals surface area contributed by atoms with Gasteiger partial charge in [0, 0.05) is 4.47 Å². The quantitative estimate of drug-likeness (QED) is 0.876. The van der Waals surface area contributed by atoms with Crippen molar-refractivity contribution in [1.29, 1.82) is 0 Å². The Hall–Kier alpha value is -1.25. The van der Waals surface area contributed by atoms with Gasteiger partial charge in [0.15, 0.2) is 0 Å². The number of hydrogen-bond donors (Lipinski definition) is 1. The van der Waals surface area contributed by atoms with Gasteiger partial charge in [-0.25, -0.2) is 0 Å². The first-order valence-corrected chi connectivity index (χ1v) is 9.31. The molecule has 1 N–H and O–H groups in total. The minimum Gasteiger partial charge on any atom is -0.383 e. The summed E-state index contributed by atoms with van der Waals surface area (Å²) in [6.45, 7) is 0. The Labute approximate surface area is 137 Å². The first kappa shape index (κ1) is 15.6. The summed E-state index contributed by atoms with van der Waals surface area (Å²) in [7, 11) is -3.79. The van der Waals surface area contributed by atoms with E-state index < -0.39 is 15.6 Å². The minimum absolute atomic E-state index is 0.128. The van der Waals surface area contributed by atoms with Crippen LogP contribution in [-0.4, -0.2) is 27.9 Å².